The van der Waals surface area contributed by atoms with E-state index in [0.717, 1.165) is 12.8 Å². The molecular formula is C16H16O2. The lowest BCUT2D eigenvalue weighted by atomic mass is 9.80. The SMILES string of the molecule is O=C(CC1CCCc2ccccc21)c1ccoc1. The molecule has 1 aliphatic rings. The second-order valence-electron chi connectivity index (χ2n) is 4.93. The molecule has 0 bridgehead atoms. The Labute approximate surface area is 107 Å². The van der Waals surface area contributed by atoms with Crippen molar-refractivity contribution in [2.24, 2.45) is 0 Å². The zero-order valence-electron chi connectivity index (χ0n) is 10.3. The first-order chi connectivity index (χ1) is 8.84. The smallest absolute Gasteiger partial charge is 0.166 e. The van der Waals surface area contributed by atoms with E-state index in [4.69, 9.17) is 4.42 Å². The molecule has 1 unspecified atom stereocenters. The summed E-state index contributed by atoms with van der Waals surface area (Å²) in [5.41, 5.74) is 3.47. The van der Waals surface area contributed by atoms with Crippen LogP contribution in [0.4, 0.5) is 0 Å². The molecule has 0 aliphatic heterocycles. The van der Waals surface area contributed by atoms with Crippen molar-refractivity contribution < 1.29 is 9.21 Å². The number of carbonyl (C=O) groups is 1. The molecule has 1 aromatic carbocycles. The molecule has 1 heterocycles. The van der Waals surface area contributed by atoms with Crippen molar-refractivity contribution in [2.45, 2.75) is 31.6 Å². The van der Waals surface area contributed by atoms with E-state index >= 15 is 0 Å². The minimum Gasteiger partial charge on any atom is -0.472 e. The first-order valence-electron chi connectivity index (χ1n) is 6.48. The van der Waals surface area contributed by atoms with Crippen molar-refractivity contribution in [3.63, 3.8) is 0 Å². The van der Waals surface area contributed by atoms with E-state index < -0.39 is 0 Å². The number of hydrogen-bond acceptors (Lipinski definition) is 2. The number of furan rings is 1. The van der Waals surface area contributed by atoms with Gasteiger partial charge in [-0.1, -0.05) is 24.3 Å². The highest BCUT2D eigenvalue weighted by Gasteiger charge is 2.22. The van der Waals surface area contributed by atoms with Crippen LogP contribution in [-0.4, -0.2) is 5.78 Å². The number of aryl methyl sites for hydroxylation is 1. The molecule has 0 saturated heterocycles. The highest BCUT2D eigenvalue weighted by Crippen LogP contribution is 2.34. The van der Waals surface area contributed by atoms with Crippen molar-refractivity contribution in [1.29, 1.82) is 0 Å². The molecule has 2 aromatic rings. The summed E-state index contributed by atoms with van der Waals surface area (Å²) in [6.07, 6.45) is 7.13. The normalized spacial score (nSPS) is 18.3. The van der Waals surface area contributed by atoms with E-state index in [1.807, 2.05) is 0 Å². The fourth-order valence-electron chi connectivity index (χ4n) is 2.83. The lowest BCUT2D eigenvalue weighted by Crippen LogP contribution is -2.13. The molecule has 92 valence electrons. The van der Waals surface area contributed by atoms with Gasteiger partial charge in [0.1, 0.15) is 6.26 Å². The van der Waals surface area contributed by atoms with Crippen LogP contribution in [0.15, 0.2) is 47.3 Å². The largest absolute Gasteiger partial charge is 0.472 e. The highest BCUT2D eigenvalue weighted by molar-refractivity contribution is 5.96. The van der Waals surface area contributed by atoms with Crippen LogP contribution in [0.2, 0.25) is 0 Å². The van der Waals surface area contributed by atoms with E-state index in [0.29, 0.717) is 17.9 Å². The third kappa shape index (κ3) is 2.10. The highest BCUT2D eigenvalue weighted by atomic mass is 16.3. The Morgan fingerprint density at radius 3 is 3.00 bits per heavy atom. The zero-order chi connectivity index (χ0) is 12.4. The van der Waals surface area contributed by atoms with Gasteiger partial charge in [-0.3, -0.25) is 4.79 Å². The van der Waals surface area contributed by atoms with Crippen molar-refractivity contribution in [1.82, 2.24) is 0 Å². The molecular weight excluding hydrogens is 224 g/mol. The fraction of sp³-hybridized carbons (Fsp3) is 0.312. The van der Waals surface area contributed by atoms with Crippen LogP contribution in [0.1, 0.15) is 46.7 Å². The van der Waals surface area contributed by atoms with Gasteiger partial charge < -0.3 is 4.42 Å². The average Bonchev–Trinajstić information content (AvgIpc) is 2.93. The van der Waals surface area contributed by atoms with E-state index in [-0.39, 0.29) is 5.78 Å². The van der Waals surface area contributed by atoms with Gasteiger partial charge in [0, 0.05) is 6.42 Å². The van der Waals surface area contributed by atoms with Crippen LogP contribution >= 0.6 is 0 Å². The summed E-state index contributed by atoms with van der Waals surface area (Å²) in [4.78, 5) is 12.1. The quantitative estimate of drug-likeness (QED) is 0.760. The molecule has 0 spiro atoms. The maximum Gasteiger partial charge on any atom is 0.166 e. The van der Waals surface area contributed by atoms with Gasteiger partial charge in [0.2, 0.25) is 0 Å². The van der Waals surface area contributed by atoms with E-state index in [2.05, 4.69) is 24.3 Å². The average molecular weight is 240 g/mol. The summed E-state index contributed by atoms with van der Waals surface area (Å²) in [5, 5.41) is 0. The minimum atomic E-state index is 0.186. The summed E-state index contributed by atoms with van der Waals surface area (Å²) >= 11 is 0. The summed E-state index contributed by atoms with van der Waals surface area (Å²) in [5.74, 6) is 0.558. The Bertz CT molecular complexity index is 540. The van der Waals surface area contributed by atoms with Crippen LogP contribution in [0.5, 0.6) is 0 Å². The number of Topliss-reactive ketones (excluding diaryl/α,β-unsaturated/α-hetero) is 1. The number of carbonyl (C=O) groups excluding carboxylic acids is 1. The number of hydrogen-bond donors (Lipinski definition) is 0. The number of fused-ring (bicyclic) bond motifs is 1. The second-order valence-corrected chi connectivity index (χ2v) is 4.93. The van der Waals surface area contributed by atoms with E-state index in [9.17, 15) is 4.79 Å². The first-order valence-corrected chi connectivity index (χ1v) is 6.48. The number of benzene rings is 1. The fourth-order valence-corrected chi connectivity index (χ4v) is 2.83. The third-order valence-electron chi connectivity index (χ3n) is 3.77. The van der Waals surface area contributed by atoms with Crippen molar-refractivity contribution in [3.8, 4) is 0 Å². The van der Waals surface area contributed by atoms with Crippen LogP contribution < -0.4 is 0 Å². The van der Waals surface area contributed by atoms with Gasteiger partial charge in [-0.05, 0) is 42.4 Å². The monoisotopic (exact) mass is 240 g/mol. The Hall–Kier alpha value is -1.83. The van der Waals surface area contributed by atoms with Gasteiger partial charge in [0.15, 0.2) is 5.78 Å². The van der Waals surface area contributed by atoms with Crippen LogP contribution in [0.25, 0.3) is 0 Å². The number of rotatable bonds is 3. The van der Waals surface area contributed by atoms with Crippen molar-refractivity contribution >= 4 is 5.78 Å². The van der Waals surface area contributed by atoms with Gasteiger partial charge in [0.05, 0.1) is 11.8 Å². The molecule has 0 amide bonds. The van der Waals surface area contributed by atoms with Crippen molar-refractivity contribution in [3.05, 3.63) is 59.5 Å². The van der Waals surface area contributed by atoms with Gasteiger partial charge in [-0.25, -0.2) is 0 Å². The molecule has 0 N–H and O–H groups in total. The van der Waals surface area contributed by atoms with Gasteiger partial charge >= 0.3 is 0 Å². The van der Waals surface area contributed by atoms with E-state index in [1.54, 1.807) is 12.3 Å². The summed E-state index contributed by atoms with van der Waals surface area (Å²) < 4.78 is 4.97. The predicted octanol–water partition coefficient (Wildman–Crippen LogP) is 3.97. The zero-order valence-corrected chi connectivity index (χ0v) is 10.3. The molecule has 1 aromatic heterocycles. The standard InChI is InChI=1S/C16H16O2/c17-16(14-8-9-18-11-14)10-13-6-3-5-12-4-1-2-7-15(12)13/h1-2,4,7-9,11,13H,3,5-6,10H2. The van der Waals surface area contributed by atoms with Crippen LogP contribution in [-0.2, 0) is 6.42 Å². The van der Waals surface area contributed by atoms with Gasteiger partial charge in [-0.2, -0.15) is 0 Å². The Morgan fingerprint density at radius 1 is 1.28 bits per heavy atom. The molecule has 18 heavy (non-hydrogen) atoms. The van der Waals surface area contributed by atoms with Gasteiger partial charge in [-0.15, -0.1) is 0 Å². The molecule has 1 aliphatic carbocycles. The lowest BCUT2D eigenvalue weighted by molar-refractivity contribution is 0.0970. The molecule has 2 nitrogen and oxygen atoms in total. The summed E-state index contributed by atoms with van der Waals surface area (Å²) in [6, 6.07) is 10.3. The summed E-state index contributed by atoms with van der Waals surface area (Å²) in [6.45, 7) is 0. The maximum absolute atomic E-state index is 12.1. The molecule has 1 atom stereocenters. The molecule has 0 saturated carbocycles. The Balaban J connectivity index is 1.80. The van der Waals surface area contributed by atoms with Crippen LogP contribution in [0.3, 0.4) is 0 Å². The molecule has 0 fully saturated rings. The second kappa shape index (κ2) is 4.81. The Kier molecular flexibility index (Phi) is 3.01. The molecule has 0 radical (unpaired) electrons. The first kappa shape index (κ1) is 11.3. The minimum absolute atomic E-state index is 0.186. The topological polar surface area (TPSA) is 30.2 Å². The Morgan fingerprint density at radius 2 is 2.17 bits per heavy atom. The molecule has 3 rings (SSSR count). The number of ketones is 1. The van der Waals surface area contributed by atoms with Crippen molar-refractivity contribution in [2.75, 3.05) is 0 Å². The third-order valence-corrected chi connectivity index (χ3v) is 3.77. The molecule has 2 heteroatoms. The maximum atomic E-state index is 12.1. The van der Waals surface area contributed by atoms with Gasteiger partial charge in [0.25, 0.3) is 0 Å². The summed E-state index contributed by atoms with van der Waals surface area (Å²) in [7, 11) is 0. The van der Waals surface area contributed by atoms with E-state index in [1.165, 1.54) is 23.8 Å². The predicted molar refractivity (Wildman–Crippen MR) is 69.8 cm³/mol. The lowest BCUT2D eigenvalue weighted by Gasteiger charge is -2.24. The van der Waals surface area contributed by atoms with Crippen LogP contribution in [0, 0.1) is 0 Å².